The van der Waals surface area contributed by atoms with Crippen molar-refractivity contribution in [1.82, 2.24) is 15.5 Å². The molecule has 1 amide bonds. The number of amides is 1. The van der Waals surface area contributed by atoms with Gasteiger partial charge in [-0.05, 0) is 35.4 Å². The minimum absolute atomic E-state index is 0.101. The molecule has 30 heavy (non-hydrogen) atoms. The highest BCUT2D eigenvalue weighted by Gasteiger charge is 2.18. The third-order valence-electron chi connectivity index (χ3n) is 4.77. The molecular formula is C23H27N3O4. The molecule has 1 N–H and O–H groups in total. The van der Waals surface area contributed by atoms with Crippen molar-refractivity contribution < 1.29 is 18.8 Å². The van der Waals surface area contributed by atoms with E-state index in [0.29, 0.717) is 18.1 Å². The molecule has 0 aliphatic rings. The van der Waals surface area contributed by atoms with E-state index in [2.05, 4.69) is 15.5 Å². The largest absolute Gasteiger partial charge is 0.497 e. The molecule has 0 fully saturated rings. The number of carbonyl (C=O) groups excluding carboxylic acids is 1. The number of benzene rings is 2. The molecule has 0 aliphatic carbocycles. The number of carbonyl (C=O) groups is 1. The fourth-order valence-corrected chi connectivity index (χ4v) is 3.01. The van der Waals surface area contributed by atoms with Gasteiger partial charge >= 0.3 is 0 Å². The van der Waals surface area contributed by atoms with E-state index in [-0.39, 0.29) is 24.3 Å². The molecule has 2 aromatic carbocycles. The standard InChI is InChI=1S/C23H27N3O4/c1-15(2)23-25-21(30-26-23)14-13-20(27)24-22(16-5-9-18(28-3)10-6-16)17-7-11-19(29-4)12-8-17/h5-12,15,22H,13-14H2,1-4H3,(H,24,27). The number of nitrogens with one attached hydrogen (secondary N) is 1. The molecule has 0 spiro atoms. The lowest BCUT2D eigenvalue weighted by Crippen LogP contribution is -2.29. The average Bonchev–Trinajstić information content (AvgIpc) is 3.26. The lowest BCUT2D eigenvalue weighted by Gasteiger charge is -2.20. The van der Waals surface area contributed by atoms with Gasteiger partial charge in [0.25, 0.3) is 0 Å². The van der Waals surface area contributed by atoms with Crippen molar-refractivity contribution in [3.8, 4) is 11.5 Å². The molecule has 3 aromatic rings. The maximum Gasteiger partial charge on any atom is 0.227 e. The zero-order valence-corrected chi connectivity index (χ0v) is 17.7. The quantitative estimate of drug-likeness (QED) is 0.574. The number of nitrogens with zero attached hydrogens (tertiary/aromatic N) is 2. The molecular weight excluding hydrogens is 382 g/mol. The first-order valence-corrected chi connectivity index (χ1v) is 9.90. The number of aryl methyl sites for hydroxylation is 1. The van der Waals surface area contributed by atoms with Crippen LogP contribution in [0.15, 0.2) is 53.1 Å². The molecule has 0 saturated heterocycles. The second-order valence-corrected chi connectivity index (χ2v) is 7.25. The Morgan fingerprint density at radius 1 is 0.967 bits per heavy atom. The third kappa shape index (κ3) is 5.37. The van der Waals surface area contributed by atoms with Gasteiger partial charge in [-0.15, -0.1) is 0 Å². The van der Waals surface area contributed by atoms with Crippen LogP contribution in [-0.4, -0.2) is 30.3 Å². The molecule has 1 aromatic heterocycles. The van der Waals surface area contributed by atoms with Crippen molar-refractivity contribution in [2.75, 3.05) is 14.2 Å². The molecule has 7 heteroatoms. The molecule has 0 saturated carbocycles. The molecule has 0 unspecified atom stereocenters. The maximum absolute atomic E-state index is 12.7. The Morgan fingerprint density at radius 3 is 1.93 bits per heavy atom. The Morgan fingerprint density at radius 2 is 1.50 bits per heavy atom. The van der Waals surface area contributed by atoms with Crippen molar-refractivity contribution in [2.24, 2.45) is 0 Å². The van der Waals surface area contributed by atoms with Crippen molar-refractivity contribution in [1.29, 1.82) is 0 Å². The number of aromatic nitrogens is 2. The number of rotatable bonds is 9. The third-order valence-corrected chi connectivity index (χ3v) is 4.77. The van der Waals surface area contributed by atoms with E-state index in [1.165, 1.54) is 0 Å². The van der Waals surface area contributed by atoms with Crippen LogP contribution in [0, 0.1) is 0 Å². The molecule has 0 atom stereocenters. The minimum atomic E-state index is -0.303. The van der Waals surface area contributed by atoms with Gasteiger partial charge < -0.3 is 19.3 Å². The summed E-state index contributed by atoms with van der Waals surface area (Å²) in [4.78, 5) is 17.0. The van der Waals surface area contributed by atoms with Crippen molar-refractivity contribution in [3.05, 3.63) is 71.4 Å². The van der Waals surface area contributed by atoms with Gasteiger partial charge in [0.15, 0.2) is 5.82 Å². The van der Waals surface area contributed by atoms with Crippen LogP contribution in [0.3, 0.4) is 0 Å². The van der Waals surface area contributed by atoms with Gasteiger partial charge in [-0.25, -0.2) is 0 Å². The Balaban J connectivity index is 1.73. The fraction of sp³-hybridized carbons (Fsp3) is 0.348. The van der Waals surface area contributed by atoms with E-state index in [1.54, 1.807) is 14.2 Å². The highest BCUT2D eigenvalue weighted by molar-refractivity contribution is 5.77. The van der Waals surface area contributed by atoms with Crippen molar-refractivity contribution >= 4 is 5.91 Å². The molecule has 3 rings (SSSR count). The predicted octanol–water partition coefficient (Wildman–Crippen LogP) is 4.05. The van der Waals surface area contributed by atoms with Gasteiger partial charge in [0.2, 0.25) is 11.8 Å². The van der Waals surface area contributed by atoms with Crippen LogP contribution in [0.25, 0.3) is 0 Å². The van der Waals surface area contributed by atoms with Crippen LogP contribution in [0.5, 0.6) is 11.5 Å². The van der Waals surface area contributed by atoms with Gasteiger partial charge in [0.05, 0.1) is 20.3 Å². The second-order valence-electron chi connectivity index (χ2n) is 7.25. The summed E-state index contributed by atoms with van der Waals surface area (Å²) in [5.74, 6) is 2.73. The van der Waals surface area contributed by atoms with Crippen LogP contribution in [-0.2, 0) is 11.2 Å². The number of ether oxygens (including phenoxy) is 2. The average molecular weight is 409 g/mol. The minimum Gasteiger partial charge on any atom is -0.497 e. The molecule has 0 radical (unpaired) electrons. The summed E-state index contributed by atoms with van der Waals surface area (Å²) in [6.45, 7) is 3.99. The van der Waals surface area contributed by atoms with E-state index >= 15 is 0 Å². The smallest absolute Gasteiger partial charge is 0.227 e. The number of methoxy groups -OCH3 is 2. The normalized spacial score (nSPS) is 11.0. The highest BCUT2D eigenvalue weighted by atomic mass is 16.5. The summed E-state index contributed by atoms with van der Waals surface area (Å²) in [6, 6.07) is 15.0. The van der Waals surface area contributed by atoms with Crippen LogP contribution in [0.2, 0.25) is 0 Å². The Kier molecular flexibility index (Phi) is 7.06. The fourth-order valence-electron chi connectivity index (χ4n) is 3.01. The van der Waals surface area contributed by atoms with Gasteiger partial charge in [0.1, 0.15) is 11.5 Å². The van der Waals surface area contributed by atoms with E-state index in [0.717, 1.165) is 22.6 Å². The summed E-state index contributed by atoms with van der Waals surface area (Å²) in [6.07, 6.45) is 0.645. The Hall–Kier alpha value is -3.35. The van der Waals surface area contributed by atoms with E-state index < -0.39 is 0 Å². The van der Waals surface area contributed by atoms with Gasteiger partial charge in [-0.3, -0.25) is 4.79 Å². The Labute approximate surface area is 176 Å². The lowest BCUT2D eigenvalue weighted by molar-refractivity contribution is -0.121. The van der Waals surface area contributed by atoms with Gasteiger partial charge in [0, 0.05) is 18.8 Å². The molecule has 158 valence electrons. The first-order valence-electron chi connectivity index (χ1n) is 9.90. The predicted molar refractivity (Wildman–Crippen MR) is 113 cm³/mol. The number of hydrogen-bond donors (Lipinski definition) is 1. The summed E-state index contributed by atoms with van der Waals surface area (Å²) in [5.41, 5.74) is 1.91. The van der Waals surface area contributed by atoms with Crippen LogP contribution >= 0.6 is 0 Å². The zero-order chi connectivity index (χ0) is 21.5. The first-order chi connectivity index (χ1) is 14.5. The van der Waals surface area contributed by atoms with E-state index in [4.69, 9.17) is 14.0 Å². The van der Waals surface area contributed by atoms with Crippen LogP contribution in [0.4, 0.5) is 0 Å². The summed E-state index contributed by atoms with van der Waals surface area (Å²) < 4.78 is 15.7. The summed E-state index contributed by atoms with van der Waals surface area (Å²) >= 11 is 0. The first kappa shape index (κ1) is 21.4. The van der Waals surface area contributed by atoms with Crippen LogP contribution in [0.1, 0.15) is 55.1 Å². The second kappa shape index (κ2) is 9.91. The van der Waals surface area contributed by atoms with E-state index in [1.807, 2.05) is 62.4 Å². The highest BCUT2D eigenvalue weighted by Crippen LogP contribution is 2.26. The Bertz CT molecular complexity index is 902. The van der Waals surface area contributed by atoms with E-state index in [9.17, 15) is 4.79 Å². The summed E-state index contributed by atoms with van der Waals surface area (Å²) in [7, 11) is 3.25. The van der Waals surface area contributed by atoms with Crippen molar-refractivity contribution in [2.45, 2.75) is 38.6 Å². The van der Waals surface area contributed by atoms with Gasteiger partial charge in [-0.1, -0.05) is 43.3 Å². The zero-order valence-electron chi connectivity index (χ0n) is 17.7. The van der Waals surface area contributed by atoms with Gasteiger partial charge in [-0.2, -0.15) is 4.98 Å². The number of hydrogen-bond acceptors (Lipinski definition) is 6. The lowest BCUT2D eigenvalue weighted by atomic mass is 9.98. The maximum atomic E-state index is 12.7. The molecule has 7 nitrogen and oxygen atoms in total. The topological polar surface area (TPSA) is 86.5 Å². The molecule has 1 heterocycles. The SMILES string of the molecule is COc1ccc(C(NC(=O)CCc2nc(C(C)C)no2)c2ccc(OC)cc2)cc1. The molecule has 0 bridgehead atoms. The van der Waals surface area contributed by atoms with Crippen LogP contribution < -0.4 is 14.8 Å². The molecule has 0 aliphatic heterocycles. The van der Waals surface area contributed by atoms with Crippen molar-refractivity contribution in [3.63, 3.8) is 0 Å². The summed E-state index contributed by atoms with van der Waals surface area (Å²) in [5, 5.41) is 7.05. The monoisotopic (exact) mass is 409 g/mol.